The summed E-state index contributed by atoms with van der Waals surface area (Å²) in [5.41, 5.74) is 2.21. The summed E-state index contributed by atoms with van der Waals surface area (Å²) in [5, 5.41) is 14.0. The summed E-state index contributed by atoms with van der Waals surface area (Å²) in [4.78, 5) is 0. The van der Waals surface area contributed by atoms with Crippen LogP contribution in [0.15, 0.2) is 48.5 Å². The van der Waals surface area contributed by atoms with E-state index in [-0.39, 0.29) is 12.6 Å². The molecule has 0 fully saturated rings. The molecule has 2 rings (SSSR count). The van der Waals surface area contributed by atoms with E-state index in [1.54, 1.807) is 6.07 Å². The highest BCUT2D eigenvalue weighted by atomic mass is 35.5. The van der Waals surface area contributed by atoms with E-state index in [0.717, 1.165) is 12.0 Å². The van der Waals surface area contributed by atoms with Gasteiger partial charge in [0.15, 0.2) is 0 Å². The Bertz CT molecular complexity index is 525. The molecule has 20 heavy (non-hydrogen) atoms. The van der Waals surface area contributed by atoms with Crippen molar-refractivity contribution >= 4 is 23.2 Å². The van der Waals surface area contributed by atoms with Gasteiger partial charge in [-0.15, -0.1) is 0 Å². The molecule has 0 aliphatic carbocycles. The van der Waals surface area contributed by atoms with Crippen molar-refractivity contribution in [3.8, 4) is 0 Å². The molecule has 0 saturated heterocycles. The van der Waals surface area contributed by atoms with Crippen LogP contribution in [0.3, 0.4) is 0 Å². The van der Waals surface area contributed by atoms with E-state index >= 15 is 0 Å². The largest absolute Gasteiger partial charge is 0.395 e. The third-order valence-corrected chi connectivity index (χ3v) is 3.50. The SMILES string of the molecule is OCC(Cc1ccccc1)NCc1cc(Cl)cc(Cl)c1. The molecule has 0 radical (unpaired) electrons. The van der Waals surface area contributed by atoms with E-state index in [4.69, 9.17) is 23.2 Å². The molecular weight excluding hydrogens is 293 g/mol. The molecule has 2 aromatic carbocycles. The highest BCUT2D eigenvalue weighted by Crippen LogP contribution is 2.19. The van der Waals surface area contributed by atoms with Gasteiger partial charge in [0.05, 0.1) is 6.61 Å². The minimum Gasteiger partial charge on any atom is -0.395 e. The Balaban J connectivity index is 1.93. The molecule has 1 unspecified atom stereocenters. The Hall–Kier alpha value is -1.06. The number of rotatable bonds is 6. The molecule has 0 amide bonds. The second kappa shape index (κ2) is 7.65. The minimum absolute atomic E-state index is 0.00940. The molecule has 0 saturated carbocycles. The predicted octanol–water partition coefficient (Wildman–Crippen LogP) is 3.69. The van der Waals surface area contributed by atoms with Gasteiger partial charge in [0.1, 0.15) is 0 Å². The Labute approximate surface area is 129 Å². The zero-order chi connectivity index (χ0) is 14.4. The van der Waals surface area contributed by atoms with Crippen LogP contribution in [0, 0.1) is 0 Å². The molecule has 0 spiro atoms. The fourth-order valence-corrected chi connectivity index (χ4v) is 2.65. The summed E-state index contributed by atoms with van der Waals surface area (Å²) >= 11 is 11.9. The van der Waals surface area contributed by atoms with Crippen LogP contribution in [0.2, 0.25) is 10.0 Å². The Morgan fingerprint density at radius 1 is 0.950 bits per heavy atom. The van der Waals surface area contributed by atoms with Crippen molar-refractivity contribution in [3.63, 3.8) is 0 Å². The van der Waals surface area contributed by atoms with Crippen molar-refractivity contribution in [1.82, 2.24) is 5.32 Å². The van der Waals surface area contributed by atoms with Gasteiger partial charge < -0.3 is 10.4 Å². The molecule has 0 aromatic heterocycles. The van der Waals surface area contributed by atoms with Crippen LogP contribution >= 0.6 is 23.2 Å². The normalized spacial score (nSPS) is 12.3. The average molecular weight is 310 g/mol. The van der Waals surface area contributed by atoms with Crippen molar-refractivity contribution in [2.24, 2.45) is 0 Å². The van der Waals surface area contributed by atoms with Crippen LogP contribution in [0.4, 0.5) is 0 Å². The van der Waals surface area contributed by atoms with Crippen LogP contribution in [0.25, 0.3) is 0 Å². The zero-order valence-electron chi connectivity index (χ0n) is 11.0. The number of nitrogens with one attached hydrogen (secondary N) is 1. The summed E-state index contributed by atoms with van der Waals surface area (Å²) in [5.74, 6) is 0. The second-order valence-corrected chi connectivity index (χ2v) is 5.60. The predicted molar refractivity (Wildman–Crippen MR) is 84.3 cm³/mol. The first kappa shape index (κ1) is 15.3. The van der Waals surface area contributed by atoms with Gasteiger partial charge in [-0.2, -0.15) is 0 Å². The molecule has 2 aromatic rings. The smallest absolute Gasteiger partial charge is 0.0587 e. The summed E-state index contributed by atoms with van der Waals surface area (Å²) in [6.45, 7) is 0.710. The van der Waals surface area contributed by atoms with Crippen LogP contribution in [-0.2, 0) is 13.0 Å². The van der Waals surface area contributed by atoms with Crippen molar-refractivity contribution < 1.29 is 5.11 Å². The lowest BCUT2D eigenvalue weighted by Crippen LogP contribution is -2.34. The number of aliphatic hydroxyl groups excluding tert-OH is 1. The fraction of sp³-hybridized carbons (Fsp3) is 0.250. The first-order valence-corrected chi connectivity index (χ1v) is 7.26. The molecule has 1 atom stereocenters. The number of benzene rings is 2. The average Bonchev–Trinajstić information content (AvgIpc) is 2.43. The monoisotopic (exact) mass is 309 g/mol. The lowest BCUT2D eigenvalue weighted by atomic mass is 10.1. The van der Waals surface area contributed by atoms with Crippen LogP contribution in [-0.4, -0.2) is 17.8 Å². The van der Waals surface area contributed by atoms with E-state index in [9.17, 15) is 5.11 Å². The van der Waals surface area contributed by atoms with E-state index in [2.05, 4.69) is 17.4 Å². The van der Waals surface area contributed by atoms with Gasteiger partial charge in [-0.3, -0.25) is 0 Å². The summed E-state index contributed by atoms with van der Waals surface area (Å²) in [6.07, 6.45) is 0.783. The molecule has 0 aliphatic rings. The van der Waals surface area contributed by atoms with Gasteiger partial charge >= 0.3 is 0 Å². The van der Waals surface area contributed by atoms with Crippen molar-refractivity contribution in [3.05, 3.63) is 69.7 Å². The van der Waals surface area contributed by atoms with Gasteiger partial charge in [-0.1, -0.05) is 53.5 Å². The standard InChI is InChI=1S/C16H17Cl2NO/c17-14-6-13(7-15(18)9-14)10-19-16(11-20)8-12-4-2-1-3-5-12/h1-7,9,16,19-20H,8,10-11H2. The third kappa shape index (κ3) is 4.80. The van der Waals surface area contributed by atoms with Gasteiger partial charge in [-0.05, 0) is 35.7 Å². The molecule has 0 aliphatic heterocycles. The number of hydrogen-bond donors (Lipinski definition) is 2. The zero-order valence-corrected chi connectivity index (χ0v) is 12.5. The van der Waals surface area contributed by atoms with E-state index in [1.807, 2.05) is 30.3 Å². The Morgan fingerprint density at radius 2 is 1.60 bits per heavy atom. The van der Waals surface area contributed by atoms with Gasteiger partial charge in [0.2, 0.25) is 0 Å². The van der Waals surface area contributed by atoms with E-state index in [0.29, 0.717) is 16.6 Å². The first-order chi connectivity index (χ1) is 9.67. The molecule has 2 nitrogen and oxygen atoms in total. The molecule has 106 valence electrons. The van der Waals surface area contributed by atoms with E-state index < -0.39 is 0 Å². The van der Waals surface area contributed by atoms with Crippen molar-refractivity contribution in [2.45, 2.75) is 19.0 Å². The molecule has 4 heteroatoms. The number of halogens is 2. The summed E-state index contributed by atoms with van der Waals surface area (Å²) < 4.78 is 0. The lowest BCUT2D eigenvalue weighted by Gasteiger charge is -2.16. The molecule has 0 bridgehead atoms. The summed E-state index contributed by atoms with van der Waals surface area (Å²) in [7, 11) is 0. The van der Waals surface area contributed by atoms with Gasteiger partial charge in [0, 0.05) is 22.6 Å². The minimum atomic E-state index is 0.00940. The summed E-state index contributed by atoms with van der Waals surface area (Å²) in [6, 6.07) is 15.6. The van der Waals surface area contributed by atoms with Gasteiger partial charge in [-0.25, -0.2) is 0 Å². The van der Waals surface area contributed by atoms with Gasteiger partial charge in [0.25, 0.3) is 0 Å². The highest BCUT2D eigenvalue weighted by molar-refractivity contribution is 6.34. The maximum atomic E-state index is 9.46. The topological polar surface area (TPSA) is 32.3 Å². The van der Waals surface area contributed by atoms with Crippen molar-refractivity contribution in [1.29, 1.82) is 0 Å². The highest BCUT2D eigenvalue weighted by Gasteiger charge is 2.08. The van der Waals surface area contributed by atoms with E-state index in [1.165, 1.54) is 5.56 Å². The number of aliphatic hydroxyl groups is 1. The lowest BCUT2D eigenvalue weighted by molar-refractivity contribution is 0.241. The fourth-order valence-electron chi connectivity index (χ4n) is 2.08. The molecule has 0 heterocycles. The Morgan fingerprint density at radius 3 is 2.20 bits per heavy atom. The second-order valence-electron chi connectivity index (χ2n) is 4.73. The van der Waals surface area contributed by atoms with Crippen LogP contribution in [0.1, 0.15) is 11.1 Å². The number of hydrogen-bond acceptors (Lipinski definition) is 2. The molecule has 2 N–H and O–H groups in total. The third-order valence-electron chi connectivity index (χ3n) is 3.06. The maximum Gasteiger partial charge on any atom is 0.0587 e. The Kier molecular flexibility index (Phi) is 5.86. The molecular formula is C16H17Cl2NO. The first-order valence-electron chi connectivity index (χ1n) is 6.50. The quantitative estimate of drug-likeness (QED) is 0.853. The van der Waals surface area contributed by atoms with Crippen LogP contribution in [0.5, 0.6) is 0 Å². The van der Waals surface area contributed by atoms with Crippen molar-refractivity contribution in [2.75, 3.05) is 6.61 Å². The van der Waals surface area contributed by atoms with Crippen LogP contribution < -0.4 is 5.32 Å². The maximum absolute atomic E-state index is 9.46.